The van der Waals surface area contributed by atoms with Crippen molar-refractivity contribution in [3.8, 4) is 0 Å². The highest BCUT2D eigenvalue weighted by atomic mass is 35.5. The molecule has 0 spiro atoms. The molecule has 0 atom stereocenters. The molecule has 1 amide bonds. The van der Waals surface area contributed by atoms with Crippen LogP contribution in [-0.2, 0) is 4.79 Å². The fourth-order valence-electron chi connectivity index (χ4n) is 1.97. The van der Waals surface area contributed by atoms with Crippen LogP contribution in [0.2, 0.25) is 0 Å². The van der Waals surface area contributed by atoms with Gasteiger partial charge < -0.3 is 4.90 Å². The fraction of sp³-hybridized carbons (Fsp3) is 0.583. The Bertz CT molecular complexity index is 318. The minimum atomic E-state index is -0.0617. The molecule has 0 bridgehead atoms. The van der Waals surface area contributed by atoms with Gasteiger partial charge in [-0.05, 0) is 24.3 Å². The molecule has 1 rings (SSSR count). The zero-order chi connectivity index (χ0) is 11.6. The van der Waals surface area contributed by atoms with E-state index < -0.39 is 0 Å². The normalized spacial score (nSPS) is 19.7. The third kappa shape index (κ3) is 3.10. The first kappa shape index (κ1) is 12.3. The Morgan fingerprint density at radius 3 is 2.67 bits per heavy atom. The van der Waals surface area contributed by atoms with Gasteiger partial charge in [0.05, 0.1) is 0 Å². The summed E-state index contributed by atoms with van der Waals surface area (Å²) in [6.45, 7) is 8.35. The lowest BCUT2D eigenvalue weighted by Crippen LogP contribution is -2.31. The van der Waals surface area contributed by atoms with Gasteiger partial charge in [-0.1, -0.05) is 26.0 Å². The Kier molecular flexibility index (Phi) is 3.61. The molecule has 15 heavy (non-hydrogen) atoms. The van der Waals surface area contributed by atoms with E-state index in [1.165, 1.54) is 0 Å². The quantitative estimate of drug-likeness (QED) is 0.665. The van der Waals surface area contributed by atoms with Crippen LogP contribution in [0.25, 0.3) is 0 Å². The topological polar surface area (TPSA) is 20.3 Å². The maximum Gasteiger partial charge on any atom is 0.241 e. The van der Waals surface area contributed by atoms with E-state index in [9.17, 15) is 4.79 Å². The number of hydrogen-bond acceptors (Lipinski definition) is 1. The van der Waals surface area contributed by atoms with Crippen molar-refractivity contribution < 1.29 is 4.79 Å². The highest BCUT2D eigenvalue weighted by molar-refractivity contribution is 6.27. The van der Waals surface area contributed by atoms with Crippen molar-refractivity contribution in [2.75, 3.05) is 12.9 Å². The SMILES string of the molecule is C=C1C=C(N(C)C(=O)CCl)CC(C)(C)C1. The number of nitrogens with zero attached hydrogens (tertiary/aromatic N) is 1. The van der Waals surface area contributed by atoms with E-state index in [4.69, 9.17) is 11.6 Å². The second kappa shape index (κ2) is 4.40. The Morgan fingerprint density at radius 1 is 1.60 bits per heavy atom. The minimum absolute atomic E-state index is 0.0285. The lowest BCUT2D eigenvalue weighted by Gasteiger charge is -2.34. The van der Waals surface area contributed by atoms with Crippen molar-refractivity contribution in [3.05, 3.63) is 23.9 Å². The molecular weight excluding hydrogens is 210 g/mol. The number of rotatable bonds is 2. The number of allylic oxidation sites excluding steroid dienone is 3. The molecule has 1 aliphatic rings. The van der Waals surface area contributed by atoms with Gasteiger partial charge in [0.15, 0.2) is 0 Å². The van der Waals surface area contributed by atoms with E-state index in [-0.39, 0.29) is 17.2 Å². The number of carbonyl (C=O) groups excluding carboxylic acids is 1. The number of amides is 1. The van der Waals surface area contributed by atoms with E-state index in [0.29, 0.717) is 0 Å². The highest BCUT2D eigenvalue weighted by Gasteiger charge is 2.27. The summed E-state index contributed by atoms with van der Waals surface area (Å²) in [5, 5.41) is 0. The summed E-state index contributed by atoms with van der Waals surface area (Å²) in [7, 11) is 1.77. The molecule has 0 radical (unpaired) electrons. The zero-order valence-corrected chi connectivity index (χ0v) is 10.4. The first-order chi connectivity index (χ1) is 6.85. The molecule has 1 aliphatic carbocycles. The lowest BCUT2D eigenvalue weighted by atomic mass is 9.77. The summed E-state index contributed by atoms with van der Waals surface area (Å²) in [5.41, 5.74) is 2.28. The van der Waals surface area contributed by atoms with Crippen LogP contribution in [0.4, 0.5) is 0 Å². The number of halogens is 1. The molecule has 0 heterocycles. The van der Waals surface area contributed by atoms with Crippen LogP contribution in [-0.4, -0.2) is 23.7 Å². The van der Waals surface area contributed by atoms with Crippen molar-refractivity contribution in [1.29, 1.82) is 0 Å². The molecule has 0 aromatic rings. The third-order valence-corrected chi connectivity index (χ3v) is 2.88. The third-order valence-electron chi connectivity index (χ3n) is 2.66. The summed E-state index contributed by atoms with van der Waals surface area (Å²) >= 11 is 5.53. The minimum Gasteiger partial charge on any atom is -0.318 e. The van der Waals surface area contributed by atoms with Crippen LogP contribution in [0, 0.1) is 5.41 Å². The predicted molar refractivity (Wildman–Crippen MR) is 63.7 cm³/mol. The van der Waals surface area contributed by atoms with E-state index in [1.807, 2.05) is 6.08 Å². The van der Waals surface area contributed by atoms with Gasteiger partial charge in [-0.25, -0.2) is 0 Å². The van der Waals surface area contributed by atoms with Gasteiger partial charge in [-0.3, -0.25) is 4.79 Å². The van der Waals surface area contributed by atoms with Crippen LogP contribution in [0.1, 0.15) is 26.7 Å². The average Bonchev–Trinajstić information content (AvgIpc) is 2.12. The summed E-state index contributed by atoms with van der Waals surface area (Å²) in [4.78, 5) is 13.1. The fourth-order valence-corrected chi connectivity index (χ4v) is 2.15. The van der Waals surface area contributed by atoms with Crippen molar-refractivity contribution >= 4 is 17.5 Å². The van der Waals surface area contributed by atoms with Gasteiger partial charge in [0, 0.05) is 12.7 Å². The molecule has 0 aromatic carbocycles. The highest BCUT2D eigenvalue weighted by Crippen LogP contribution is 2.38. The molecule has 0 unspecified atom stereocenters. The summed E-state index contributed by atoms with van der Waals surface area (Å²) in [6, 6.07) is 0. The average molecular weight is 228 g/mol. The van der Waals surface area contributed by atoms with Crippen LogP contribution in [0.5, 0.6) is 0 Å². The van der Waals surface area contributed by atoms with Crippen molar-refractivity contribution in [2.24, 2.45) is 5.41 Å². The second-order valence-corrected chi connectivity index (χ2v) is 5.17. The van der Waals surface area contributed by atoms with Gasteiger partial charge in [0.2, 0.25) is 5.91 Å². The smallest absolute Gasteiger partial charge is 0.241 e. The van der Waals surface area contributed by atoms with Crippen LogP contribution in [0.3, 0.4) is 0 Å². The summed E-state index contributed by atoms with van der Waals surface area (Å²) in [6.07, 6.45) is 3.88. The van der Waals surface area contributed by atoms with Crippen molar-refractivity contribution in [2.45, 2.75) is 26.7 Å². The van der Waals surface area contributed by atoms with E-state index in [1.54, 1.807) is 11.9 Å². The van der Waals surface area contributed by atoms with Crippen LogP contribution in [0.15, 0.2) is 23.9 Å². The first-order valence-corrected chi connectivity index (χ1v) is 5.60. The Morgan fingerprint density at radius 2 is 2.20 bits per heavy atom. The zero-order valence-electron chi connectivity index (χ0n) is 9.64. The first-order valence-electron chi connectivity index (χ1n) is 5.06. The Hall–Kier alpha value is -0.760. The Labute approximate surface area is 96.6 Å². The van der Waals surface area contributed by atoms with Gasteiger partial charge in [0.25, 0.3) is 0 Å². The van der Waals surface area contributed by atoms with Crippen LogP contribution < -0.4 is 0 Å². The monoisotopic (exact) mass is 227 g/mol. The lowest BCUT2D eigenvalue weighted by molar-refractivity contribution is -0.125. The molecule has 3 heteroatoms. The van der Waals surface area contributed by atoms with Crippen LogP contribution >= 0.6 is 11.6 Å². The molecule has 0 aliphatic heterocycles. The van der Waals surface area contributed by atoms with E-state index >= 15 is 0 Å². The predicted octanol–water partition coefficient (Wildman–Crippen LogP) is 2.94. The molecule has 0 saturated heterocycles. The van der Waals surface area contributed by atoms with Gasteiger partial charge in [-0.15, -0.1) is 11.6 Å². The molecule has 0 N–H and O–H groups in total. The Balaban J connectivity index is 2.86. The number of alkyl halides is 1. The van der Waals surface area contributed by atoms with Gasteiger partial charge in [-0.2, -0.15) is 0 Å². The largest absolute Gasteiger partial charge is 0.318 e. The van der Waals surface area contributed by atoms with Crippen molar-refractivity contribution in [1.82, 2.24) is 4.90 Å². The van der Waals surface area contributed by atoms with Crippen molar-refractivity contribution in [3.63, 3.8) is 0 Å². The molecular formula is C12H18ClNO. The van der Waals surface area contributed by atoms with E-state index in [0.717, 1.165) is 24.1 Å². The van der Waals surface area contributed by atoms with Gasteiger partial charge in [0.1, 0.15) is 5.88 Å². The molecule has 0 fully saturated rings. The second-order valence-electron chi connectivity index (χ2n) is 4.90. The summed E-state index contributed by atoms with van der Waals surface area (Å²) < 4.78 is 0. The van der Waals surface area contributed by atoms with E-state index in [2.05, 4.69) is 20.4 Å². The molecule has 0 saturated carbocycles. The molecule has 84 valence electrons. The maximum atomic E-state index is 11.5. The maximum absolute atomic E-state index is 11.5. The van der Waals surface area contributed by atoms with Gasteiger partial charge >= 0.3 is 0 Å². The number of carbonyl (C=O) groups is 1. The molecule has 2 nitrogen and oxygen atoms in total. The summed E-state index contributed by atoms with van der Waals surface area (Å²) in [5.74, 6) is -0.0331. The standard InChI is InChI=1S/C12H18ClNO/c1-9-5-10(7-12(2,3)6-9)14(4)11(15)8-13/h5H,1,6-8H2,2-4H3. The number of hydrogen-bond donors (Lipinski definition) is 0. The molecule has 0 aromatic heterocycles.